The lowest BCUT2D eigenvalue weighted by Crippen LogP contribution is -2.26. The molecular formula is C11H13N3O2. The summed E-state index contributed by atoms with van der Waals surface area (Å²) in [7, 11) is 1.50. The first kappa shape index (κ1) is 10.6. The number of aromatic nitrogens is 2. The molecule has 2 rings (SSSR count). The number of rotatable bonds is 3. The molecule has 0 aliphatic carbocycles. The molecule has 1 aromatic carbocycles. The Labute approximate surface area is 92.8 Å². The van der Waals surface area contributed by atoms with E-state index in [0.29, 0.717) is 0 Å². The molecule has 2 N–H and O–H groups in total. The van der Waals surface area contributed by atoms with Crippen LogP contribution in [0.25, 0.3) is 10.9 Å². The van der Waals surface area contributed by atoms with Gasteiger partial charge in [0.05, 0.1) is 11.7 Å². The first-order valence-electron chi connectivity index (χ1n) is 4.97. The molecule has 0 saturated carbocycles. The number of anilines is 1. The summed E-state index contributed by atoms with van der Waals surface area (Å²) in [6.45, 7) is 1.70. The number of methoxy groups -OCH3 is 1. The third-order valence-electron chi connectivity index (χ3n) is 2.43. The second-order valence-corrected chi connectivity index (χ2v) is 3.54. The summed E-state index contributed by atoms with van der Waals surface area (Å²) in [6.07, 6.45) is 1.25. The Kier molecular flexibility index (Phi) is 2.87. The van der Waals surface area contributed by atoms with Crippen LogP contribution in [0.1, 0.15) is 6.92 Å². The average molecular weight is 219 g/mol. The fourth-order valence-corrected chi connectivity index (χ4v) is 1.37. The zero-order valence-electron chi connectivity index (χ0n) is 9.15. The number of H-pyrrole nitrogens is 1. The standard InChI is InChI=1S/C11H13N3O2/c1-7(16-2)11(15)13-9-3-4-10-8(5-9)6-12-14-10/h3-7H,1-2H3,(H,12,14)(H,13,15). The minimum atomic E-state index is -0.458. The highest BCUT2D eigenvalue weighted by atomic mass is 16.5. The lowest BCUT2D eigenvalue weighted by atomic mass is 10.2. The predicted molar refractivity (Wildman–Crippen MR) is 61.2 cm³/mol. The summed E-state index contributed by atoms with van der Waals surface area (Å²) in [6, 6.07) is 5.55. The van der Waals surface area contributed by atoms with Gasteiger partial charge >= 0.3 is 0 Å². The molecular weight excluding hydrogens is 206 g/mol. The van der Waals surface area contributed by atoms with Gasteiger partial charge in [-0.3, -0.25) is 9.89 Å². The van der Waals surface area contributed by atoms with Crippen LogP contribution >= 0.6 is 0 Å². The van der Waals surface area contributed by atoms with Gasteiger partial charge < -0.3 is 10.1 Å². The van der Waals surface area contributed by atoms with Gasteiger partial charge in [0.25, 0.3) is 5.91 Å². The predicted octanol–water partition coefficient (Wildman–Crippen LogP) is 1.54. The van der Waals surface area contributed by atoms with Crippen LogP contribution in [0.15, 0.2) is 24.4 Å². The summed E-state index contributed by atoms with van der Waals surface area (Å²) in [5.41, 5.74) is 1.68. The molecule has 84 valence electrons. The highest BCUT2D eigenvalue weighted by Gasteiger charge is 2.11. The van der Waals surface area contributed by atoms with Crippen molar-refractivity contribution < 1.29 is 9.53 Å². The Hall–Kier alpha value is -1.88. The van der Waals surface area contributed by atoms with Gasteiger partial charge in [-0.15, -0.1) is 0 Å². The Morgan fingerprint density at radius 1 is 1.56 bits per heavy atom. The van der Waals surface area contributed by atoms with Crippen LogP contribution < -0.4 is 5.32 Å². The number of nitrogens with zero attached hydrogens (tertiary/aromatic N) is 1. The van der Waals surface area contributed by atoms with Crippen molar-refractivity contribution in [3.8, 4) is 0 Å². The Morgan fingerprint density at radius 2 is 2.38 bits per heavy atom. The summed E-state index contributed by atoms with van der Waals surface area (Å²) in [4.78, 5) is 11.6. The number of hydrogen-bond donors (Lipinski definition) is 2. The topological polar surface area (TPSA) is 67.0 Å². The third-order valence-corrected chi connectivity index (χ3v) is 2.43. The molecule has 5 nitrogen and oxygen atoms in total. The number of hydrogen-bond acceptors (Lipinski definition) is 3. The molecule has 1 atom stereocenters. The average Bonchev–Trinajstić information content (AvgIpc) is 2.75. The second-order valence-electron chi connectivity index (χ2n) is 3.54. The van der Waals surface area contributed by atoms with Crippen LogP contribution in [0.5, 0.6) is 0 Å². The molecule has 5 heteroatoms. The number of carbonyl (C=O) groups excluding carboxylic acids is 1. The fourth-order valence-electron chi connectivity index (χ4n) is 1.37. The van der Waals surface area contributed by atoms with Gasteiger partial charge in [-0.05, 0) is 25.1 Å². The zero-order valence-corrected chi connectivity index (χ0v) is 9.15. The Bertz CT molecular complexity index is 507. The van der Waals surface area contributed by atoms with Gasteiger partial charge in [-0.2, -0.15) is 5.10 Å². The van der Waals surface area contributed by atoms with Crippen molar-refractivity contribution in [2.45, 2.75) is 13.0 Å². The minimum absolute atomic E-state index is 0.162. The Balaban J connectivity index is 2.17. The third kappa shape index (κ3) is 2.04. The normalized spacial score (nSPS) is 12.6. The van der Waals surface area contributed by atoms with Crippen molar-refractivity contribution >= 4 is 22.5 Å². The van der Waals surface area contributed by atoms with E-state index in [1.807, 2.05) is 18.2 Å². The van der Waals surface area contributed by atoms with Crippen LogP contribution in [0.3, 0.4) is 0 Å². The summed E-state index contributed by atoms with van der Waals surface area (Å²) < 4.78 is 4.93. The van der Waals surface area contributed by atoms with Gasteiger partial charge in [0.15, 0.2) is 0 Å². The van der Waals surface area contributed by atoms with E-state index in [-0.39, 0.29) is 5.91 Å². The smallest absolute Gasteiger partial charge is 0.253 e. The van der Waals surface area contributed by atoms with Crippen molar-refractivity contribution in [3.05, 3.63) is 24.4 Å². The Morgan fingerprint density at radius 3 is 3.12 bits per heavy atom. The highest BCUT2D eigenvalue weighted by Crippen LogP contribution is 2.16. The number of nitrogens with one attached hydrogen (secondary N) is 2. The maximum absolute atomic E-state index is 11.6. The molecule has 0 aliphatic rings. The van der Waals surface area contributed by atoms with Gasteiger partial charge in [0.2, 0.25) is 0 Å². The number of aromatic amines is 1. The van der Waals surface area contributed by atoms with Crippen molar-refractivity contribution in [1.29, 1.82) is 0 Å². The van der Waals surface area contributed by atoms with E-state index < -0.39 is 6.10 Å². The van der Waals surface area contributed by atoms with Gasteiger partial charge in [0, 0.05) is 18.2 Å². The number of benzene rings is 1. The first-order valence-corrected chi connectivity index (χ1v) is 4.97. The SMILES string of the molecule is COC(C)C(=O)Nc1ccc2[nH]ncc2c1. The fraction of sp³-hybridized carbons (Fsp3) is 0.273. The van der Waals surface area contributed by atoms with Crippen LogP contribution in [0, 0.1) is 0 Å². The maximum atomic E-state index is 11.6. The van der Waals surface area contributed by atoms with Crippen molar-refractivity contribution in [2.24, 2.45) is 0 Å². The van der Waals surface area contributed by atoms with Crippen molar-refractivity contribution in [2.75, 3.05) is 12.4 Å². The maximum Gasteiger partial charge on any atom is 0.253 e. The summed E-state index contributed by atoms with van der Waals surface area (Å²) in [5.74, 6) is -0.162. The van der Waals surface area contributed by atoms with E-state index in [9.17, 15) is 4.79 Å². The molecule has 0 bridgehead atoms. The first-order chi connectivity index (χ1) is 7.70. The summed E-state index contributed by atoms with van der Waals surface area (Å²) >= 11 is 0. The molecule has 1 aromatic heterocycles. The molecule has 0 saturated heterocycles. The van der Waals surface area contributed by atoms with Crippen LogP contribution in [-0.2, 0) is 9.53 Å². The van der Waals surface area contributed by atoms with Gasteiger partial charge in [0.1, 0.15) is 6.10 Å². The number of amides is 1. The van der Waals surface area contributed by atoms with E-state index in [2.05, 4.69) is 15.5 Å². The molecule has 0 radical (unpaired) electrons. The van der Waals surface area contributed by atoms with Gasteiger partial charge in [-0.1, -0.05) is 0 Å². The molecule has 0 spiro atoms. The van der Waals surface area contributed by atoms with Crippen molar-refractivity contribution in [1.82, 2.24) is 10.2 Å². The monoisotopic (exact) mass is 219 g/mol. The largest absolute Gasteiger partial charge is 0.372 e. The molecule has 2 aromatic rings. The lowest BCUT2D eigenvalue weighted by Gasteiger charge is -2.10. The van der Waals surface area contributed by atoms with Crippen molar-refractivity contribution in [3.63, 3.8) is 0 Å². The number of ether oxygens (including phenoxy) is 1. The number of carbonyl (C=O) groups is 1. The lowest BCUT2D eigenvalue weighted by molar-refractivity contribution is -0.124. The molecule has 1 unspecified atom stereocenters. The molecule has 0 aliphatic heterocycles. The summed E-state index contributed by atoms with van der Waals surface area (Å²) in [5, 5.41) is 10.5. The van der Waals surface area contributed by atoms with E-state index in [1.54, 1.807) is 13.1 Å². The van der Waals surface area contributed by atoms with E-state index in [4.69, 9.17) is 4.74 Å². The quantitative estimate of drug-likeness (QED) is 0.822. The molecule has 1 heterocycles. The molecule has 0 fully saturated rings. The van der Waals surface area contributed by atoms with Crippen LogP contribution in [0.2, 0.25) is 0 Å². The second kappa shape index (κ2) is 4.32. The highest BCUT2D eigenvalue weighted by molar-refractivity contribution is 5.95. The molecule has 1 amide bonds. The van der Waals surface area contributed by atoms with Crippen LogP contribution in [-0.4, -0.2) is 29.3 Å². The number of fused-ring (bicyclic) bond motifs is 1. The van der Waals surface area contributed by atoms with E-state index >= 15 is 0 Å². The minimum Gasteiger partial charge on any atom is -0.372 e. The van der Waals surface area contributed by atoms with Gasteiger partial charge in [-0.25, -0.2) is 0 Å². The zero-order chi connectivity index (χ0) is 11.5. The molecule has 16 heavy (non-hydrogen) atoms. The van der Waals surface area contributed by atoms with E-state index in [1.165, 1.54) is 7.11 Å². The van der Waals surface area contributed by atoms with E-state index in [0.717, 1.165) is 16.6 Å². The van der Waals surface area contributed by atoms with Crippen LogP contribution in [0.4, 0.5) is 5.69 Å².